The van der Waals surface area contributed by atoms with E-state index in [-0.39, 0.29) is 17.3 Å². The Morgan fingerprint density at radius 3 is 2.88 bits per heavy atom. The second-order valence-corrected chi connectivity index (χ2v) is 4.71. The van der Waals surface area contributed by atoms with Gasteiger partial charge in [0.2, 0.25) is 0 Å². The largest absolute Gasteiger partial charge is 0.478 e. The van der Waals surface area contributed by atoms with Crippen molar-refractivity contribution in [3.8, 4) is 0 Å². The Bertz CT molecular complexity index is 443. The van der Waals surface area contributed by atoms with E-state index in [9.17, 15) is 9.90 Å². The van der Waals surface area contributed by atoms with Crippen molar-refractivity contribution in [3.63, 3.8) is 0 Å². The molecule has 4 nitrogen and oxygen atoms in total. The summed E-state index contributed by atoms with van der Waals surface area (Å²) in [5, 5.41) is 9.19. The van der Waals surface area contributed by atoms with Gasteiger partial charge in [-0.1, -0.05) is 13.8 Å². The molecule has 0 saturated heterocycles. The predicted octanol–water partition coefficient (Wildman–Crippen LogP) is 2.05. The van der Waals surface area contributed by atoms with Gasteiger partial charge in [-0.25, -0.2) is 9.78 Å². The molecule has 2 unspecified atom stereocenters. The van der Waals surface area contributed by atoms with Crippen LogP contribution in [0.2, 0.25) is 0 Å². The van der Waals surface area contributed by atoms with Gasteiger partial charge in [0.05, 0.1) is 0 Å². The van der Waals surface area contributed by atoms with E-state index in [1.165, 1.54) is 0 Å². The second-order valence-electron chi connectivity index (χ2n) is 4.71. The van der Waals surface area contributed by atoms with Gasteiger partial charge in [0.1, 0.15) is 11.4 Å². The van der Waals surface area contributed by atoms with Gasteiger partial charge in [0.25, 0.3) is 0 Å². The number of hydrogen-bond donors (Lipinski definition) is 2. The molecular weight excluding hydrogens is 204 g/mol. The molecule has 0 aliphatic heterocycles. The zero-order chi connectivity index (χ0) is 11.9. The van der Waals surface area contributed by atoms with E-state index in [1.807, 2.05) is 0 Å². The van der Waals surface area contributed by atoms with E-state index >= 15 is 0 Å². The van der Waals surface area contributed by atoms with E-state index in [0.29, 0.717) is 5.92 Å². The van der Waals surface area contributed by atoms with Gasteiger partial charge in [0, 0.05) is 6.20 Å². The standard InChI is InChI=1S/C12H16N2O2/c1-6-3-7(2)9-8(4-6)5-14-11(13)10(9)12(15)16/h5-7H,3-4H2,1-2H3,(H2,13,14)(H,15,16). The molecule has 0 saturated carbocycles. The number of aromatic carboxylic acids is 1. The van der Waals surface area contributed by atoms with Crippen molar-refractivity contribution in [2.45, 2.75) is 32.6 Å². The maximum Gasteiger partial charge on any atom is 0.339 e. The highest BCUT2D eigenvalue weighted by Crippen LogP contribution is 2.37. The van der Waals surface area contributed by atoms with Crippen molar-refractivity contribution in [1.82, 2.24) is 4.98 Å². The fraction of sp³-hybridized carbons (Fsp3) is 0.500. The Morgan fingerprint density at radius 1 is 1.56 bits per heavy atom. The molecule has 2 rings (SSSR count). The third kappa shape index (κ3) is 1.64. The van der Waals surface area contributed by atoms with E-state index in [1.54, 1.807) is 6.20 Å². The number of carbonyl (C=O) groups is 1. The molecule has 0 bridgehead atoms. The summed E-state index contributed by atoms with van der Waals surface area (Å²) in [6.45, 7) is 4.23. The van der Waals surface area contributed by atoms with Crippen molar-refractivity contribution in [1.29, 1.82) is 0 Å². The summed E-state index contributed by atoms with van der Waals surface area (Å²) in [5.41, 5.74) is 7.78. The Morgan fingerprint density at radius 2 is 2.25 bits per heavy atom. The average molecular weight is 220 g/mol. The Kier molecular flexibility index (Phi) is 2.58. The van der Waals surface area contributed by atoms with Crippen LogP contribution in [0.5, 0.6) is 0 Å². The highest BCUT2D eigenvalue weighted by molar-refractivity contribution is 5.95. The number of aromatic nitrogens is 1. The van der Waals surface area contributed by atoms with Crippen LogP contribution in [0, 0.1) is 5.92 Å². The summed E-state index contributed by atoms with van der Waals surface area (Å²) >= 11 is 0. The molecule has 0 radical (unpaired) electrons. The molecular formula is C12H16N2O2. The lowest BCUT2D eigenvalue weighted by Crippen LogP contribution is -2.20. The number of nitrogens with zero attached hydrogens (tertiary/aromatic N) is 1. The second kappa shape index (κ2) is 3.77. The van der Waals surface area contributed by atoms with E-state index in [2.05, 4.69) is 18.8 Å². The number of pyridine rings is 1. The lowest BCUT2D eigenvalue weighted by atomic mass is 9.77. The smallest absolute Gasteiger partial charge is 0.339 e. The summed E-state index contributed by atoms with van der Waals surface area (Å²) in [5.74, 6) is -0.0133. The summed E-state index contributed by atoms with van der Waals surface area (Å²) in [6.07, 6.45) is 3.63. The lowest BCUT2D eigenvalue weighted by molar-refractivity contribution is 0.0695. The minimum absolute atomic E-state index is 0.132. The predicted molar refractivity (Wildman–Crippen MR) is 61.5 cm³/mol. The van der Waals surface area contributed by atoms with Crippen LogP contribution < -0.4 is 5.73 Å². The zero-order valence-corrected chi connectivity index (χ0v) is 9.53. The van der Waals surface area contributed by atoms with Crippen molar-refractivity contribution in [2.24, 2.45) is 5.92 Å². The van der Waals surface area contributed by atoms with Gasteiger partial charge >= 0.3 is 5.97 Å². The minimum atomic E-state index is -0.969. The molecule has 4 heteroatoms. The highest BCUT2D eigenvalue weighted by atomic mass is 16.4. The number of anilines is 1. The summed E-state index contributed by atoms with van der Waals surface area (Å²) in [7, 11) is 0. The van der Waals surface area contributed by atoms with Gasteiger partial charge in [-0.05, 0) is 35.8 Å². The van der Waals surface area contributed by atoms with Gasteiger partial charge in [-0.2, -0.15) is 0 Å². The number of nitrogens with two attached hydrogens (primary N) is 1. The van der Waals surface area contributed by atoms with Crippen molar-refractivity contribution in [3.05, 3.63) is 22.9 Å². The minimum Gasteiger partial charge on any atom is -0.478 e. The molecule has 0 aromatic carbocycles. The van der Waals surface area contributed by atoms with Crippen molar-refractivity contribution in [2.75, 3.05) is 5.73 Å². The molecule has 1 aromatic heterocycles. The molecule has 86 valence electrons. The summed E-state index contributed by atoms with van der Waals surface area (Å²) < 4.78 is 0. The van der Waals surface area contributed by atoms with Crippen LogP contribution in [-0.2, 0) is 6.42 Å². The van der Waals surface area contributed by atoms with Gasteiger partial charge in [-0.15, -0.1) is 0 Å². The van der Waals surface area contributed by atoms with E-state index in [0.717, 1.165) is 24.0 Å². The number of hydrogen-bond acceptors (Lipinski definition) is 3. The van der Waals surface area contributed by atoms with E-state index in [4.69, 9.17) is 5.73 Å². The SMILES string of the molecule is CC1Cc2cnc(N)c(C(=O)O)c2C(C)C1. The number of carboxylic acid groups (broad SMARTS) is 1. The van der Waals surface area contributed by atoms with Crippen LogP contribution in [0.15, 0.2) is 6.20 Å². The highest BCUT2D eigenvalue weighted by Gasteiger charge is 2.28. The van der Waals surface area contributed by atoms with Crippen LogP contribution in [0.1, 0.15) is 47.7 Å². The molecule has 0 amide bonds. The molecule has 3 N–H and O–H groups in total. The first kappa shape index (κ1) is 10.9. The first-order valence-electron chi connectivity index (χ1n) is 5.51. The van der Waals surface area contributed by atoms with E-state index < -0.39 is 5.97 Å². The quantitative estimate of drug-likeness (QED) is 0.759. The van der Waals surface area contributed by atoms with Gasteiger partial charge in [0.15, 0.2) is 0 Å². The number of rotatable bonds is 1. The maximum atomic E-state index is 11.2. The molecule has 0 fully saturated rings. The first-order chi connectivity index (χ1) is 7.50. The Labute approximate surface area is 94.5 Å². The molecule has 0 spiro atoms. The third-order valence-electron chi connectivity index (χ3n) is 3.26. The molecule has 16 heavy (non-hydrogen) atoms. The molecule has 1 aromatic rings. The third-order valence-corrected chi connectivity index (χ3v) is 3.26. The number of fused-ring (bicyclic) bond motifs is 1. The summed E-state index contributed by atoms with van der Waals surface area (Å²) in [4.78, 5) is 15.2. The zero-order valence-electron chi connectivity index (χ0n) is 9.53. The van der Waals surface area contributed by atoms with Crippen LogP contribution >= 0.6 is 0 Å². The monoisotopic (exact) mass is 220 g/mol. The molecule has 2 atom stereocenters. The van der Waals surface area contributed by atoms with Gasteiger partial charge < -0.3 is 10.8 Å². The molecule has 1 aliphatic rings. The maximum absolute atomic E-state index is 11.2. The average Bonchev–Trinajstić information content (AvgIpc) is 2.18. The fourth-order valence-electron chi connectivity index (χ4n) is 2.71. The first-order valence-corrected chi connectivity index (χ1v) is 5.51. The Hall–Kier alpha value is -1.58. The number of carboxylic acids is 1. The topological polar surface area (TPSA) is 76.2 Å². The van der Waals surface area contributed by atoms with Crippen LogP contribution in [0.25, 0.3) is 0 Å². The van der Waals surface area contributed by atoms with Crippen LogP contribution in [-0.4, -0.2) is 16.1 Å². The Balaban J connectivity index is 2.63. The number of nitrogen functional groups attached to an aromatic ring is 1. The molecule has 1 aliphatic carbocycles. The lowest BCUT2D eigenvalue weighted by Gasteiger charge is -2.28. The van der Waals surface area contributed by atoms with Crippen LogP contribution in [0.3, 0.4) is 0 Å². The van der Waals surface area contributed by atoms with Crippen molar-refractivity contribution < 1.29 is 9.90 Å². The fourth-order valence-corrected chi connectivity index (χ4v) is 2.71. The van der Waals surface area contributed by atoms with Crippen LogP contribution in [0.4, 0.5) is 5.82 Å². The van der Waals surface area contributed by atoms with Gasteiger partial charge in [-0.3, -0.25) is 0 Å². The molecule has 1 heterocycles. The normalized spacial score (nSPS) is 23.9. The van der Waals surface area contributed by atoms with Crippen molar-refractivity contribution >= 4 is 11.8 Å². The summed E-state index contributed by atoms with van der Waals surface area (Å²) in [6, 6.07) is 0.